The molecule has 0 bridgehead atoms. The van der Waals surface area contributed by atoms with Gasteiger partial charge in [0.25, 0.3) is 0 Å². The average Bonchev–Trinajstić information content (AvgIpc) is 2.47. The highest BCUT2D eigenvalue weighted by Gasteiger charge is 2.34. The summed E-state index contributed by atoms with van der Waals surface area (Å²) in [5, 5.41) is 9.36. The Morgan fingerprint density at radius 1 is 1.36 bits per heavy atom. The second-order valence-electron chi connectivity index (χ2n) is 2.88. The topological polar surface area (TPSA) is 23.8 Å². The summed E-state index contributed by atoms with van der Waals surface area (Å²) in [6, 6.07) is 2.36. The Kier molecular flexibility index (Phi) is 1.75. The molecule has 1 saturated heterocycles. The van der Waals surface area contributed by atoms with Crippen LogP contribution in [0.15, 0.2) is 24.3 Å². The number of allylic oxidation sites excluding steroid dienone is 3. The van der Waals surface area contributed by atoms with E-state index in [1.807, 2.05) is 11.8 Å². The number of hydrogen-bond acceptors (Lipinski definition) is 2. The van der Waals surface area contributed by atoms with Crippen LogP contribution in [0, 0.1) is 23.2 Å². The number of nitrogens with zero attached hydrogens (tertiary/aromatic N) is 1. The van der Waals surface area contributed by atoms with E-state index < -0.39 is 0 Å². The first-order chi connectivity index (χ1) is 5.42. The summed E-state index contributed by atoms with van der Waals surface area (Å²) >= 11 is 1.90. The van der Waals surface area contributed by atoms with Crippen LogP contribution in [0.2, 0.25) is 0 Å². The van der Waals surface area contributed by atoms with Crippen molar-refractivity contribution >= 4 is 11.8 Å². The smallest absolute Gasteiger partial charge is 0.0671 e. The van der Waals surface area contributed by atoms with Crippen LogP contribution in [0.4, 0.5) is 0 Å². The number of fused-ring (bicyclic) bond motifs is 1. The van der Waals surface area contributed by atoms with Gasteiger partial charge >= 0.3 is 0 Å². The largest absolute Gasteiger partial charge is 0.198 e. The lowest BCUT2D eigenvalue weighted by molar-refractivity contribution is 0.571. The average molecular weight is 163 g/mol. The fourth-order valence-corrected chi connectivity index (χ4v) is 3.01. The van der Waals surface area contributed by atoms with E-state index in [9.17, 15) is 0 Å². The summed E-state index contributed by atoms with van der Waals surface area (Å²) in [6.45, 7) is 0. The normalized spacial score (nSPS) is 40.1. The summed E-state index contributed by atoms with van der Waals surface area (Å²) in [5.74, 6) is 1.72. The number of rotatable bonds is 0. The molecule has 1 aliphatic carbocycles. The minimum Gasteiger partial charge on any atom is -0.198 e. The number of nitriles is 1. The van der Waals surface area contributed by atoms with Crippen LogP contribution in [0.1, 0.15) is 0 Å². The van der Waals surface area contributed by atoms with Crippen molar-refractivity contribution in [3.8, 4) is 6.07 Å². The minimum atomic E-state index is 0.242. The first-order valence-electron chi connectivity index (χ1n) is 3.78. The lowest BCUT2D eigenvalue weighted by atomic mass is 9.89. The second kappa shape index (κ2) is 2.75. The van der Waals surface area contributed by atoms with Crippen LogP contribution in [0.3, 0.4) is 0 Å². The lowest BCUT2D eigenvalue weighted by Crippen LogP contribution is -2.15. The van der Waals surface area contributed by atoms with Crippen LogP contribution in [0.25, 0.3) is 0 Å². The molecule has 2 rings (SSSR count). The van der Waals surface area contributed by atoms with Gasteiger partial charge in [-0.25, -0.2) is 0 Å². The first-order valence-corrected chi connectivity index (χ1v) is 4.83. The van der Waals surface area contributed by atoms with Gasteiger partial charge in [-0.1, -0.05) is 24.3 Å². The molecule has 0 aromatic rings. The van der Waals surface area contributed by atoms with Gasteiger partial charge in [-0.05, 0) is 0 Å². The van der Waals surface area contributed by atoms with Crippen LogP contribution < -0.4 is 0 Å². The SMILES string of the molecule is N#CC1CSC2C=CC=CC12. The molecule has 0 spiro atoms. The van der Waals surface area contributed by atoms with E-state index in [-0.39, 0.29) is 5.92 Å². The maximum atomic E-state index is 8.78. The third-order valence-corrected chi connectivity index (χ3v) is 3.63. The van der Waals surface area contributed by atoms with E-state index in [1.165, 1.54) is 0 Å². The molecule has 2 heteroatoms. The molecule has 1 aliphatic heterocycles. The van der Waals surface area contributed by atoms with Gasteiger partial charge in [0, 0.05) is 16.9 Å². The highest BCUT2D eigenvalue weighted by Crippen LogP contribution is 2.39. The molecule has 0 amide bonds. The molecule has 3 atom stereocenters. The molecule has 0 saturated carbocycles. The molecule has 11 heavy (non-hydrogen) atoms. The summed E-state index contributed by atoms with van der Waals surface area (Å²) in [4.78, 5) is 0. The van der Waals surface area contributed by atoms with Crippen molar-refractivity contribution < 1.29 is 0 Å². The highest BCUT2D eigenvalue weighted by atomic mass is 32.2. The van der Waals surface area contributed by atoms with Gasteiger partial charge in [-0.2, -0.15) is 17.0 Å². The summed E-state index contributed by atoms with van der Waals surface area (Å²) in [5.41, 5.74) is 0. The van der Waals surface area contributed by atoms with E-state index >= 15 is 0 Å². The predicted molar refractivity (Wildman–Crippen MR) is 47.1 cm³/mol. The van der Waals surface area contributed by atoms with Gasteiger partial charge in [0.1, 0.15) is 0 Å². The molecular formula is C9H9NS. The second-order valence-corrected chi connectivity index (χ2v) is 4.09. The van der Waals surface area contributed by atoms with E-state index in [4.69, 9.17) is 5.26 Å². The van der Waals surface area contributed by atoms with Crippen molar-refractivity contribution in [2.75, 3.05) is 5.75 Å². The number of hydrogen-bond donors (Lipinski definition) is 0. The molecule has 0 N–H and O–H groups in total. The zero-order valence-corrected chi connectivity index (χ0v) is 6.92. The Morgan fingerprint density at radius 3 is 3.00 bits per heavy atom. The molecular weight excluding hydrogens is 154 g/mol. The van der Waals surface area contributed by atoms with Crippen molar-refractivity contribution in [2.45, 2.75) is 5.25 Å². The standard InChI is InChI=1S/C9H9NS/c10-5-7-6-11-9-4-2-1-3-8(7)9/h1-4,7-9H,6H2. The van der Waals surface area contributed by atoms with Gasteiger partial charge in [0.05, 0.1) is 12.0 Å². The van der Waals surface area contributed by atoms with E-state index in [0.717, 1.165) is 5.75 Å². The van der Waals surface area contributed by atoms with E-state index in [2.05, 4.69) is 30.4 Å². The van der Waals surface area contributed by atoms with Crippen LogP contribution in [-0.2, 0) is 0 Å². The molecule has 1 heterocycles. The summed E-state index contributed by atoms with van der Waals surface area (Å²) in [6.07, 6.45) is 8.50. The van der Waals surface area contributed by atoms with Crippen molar-refractivity contribution in [1.29, 1.82) is 5.26 Å². The molecule has 2 aliphatic rings. The quantitative estimate of drug-likeness (QED) is 0.545. The molecule has 0 aromatic carbocycles. The molecule has 56 valence electrons. The van der Waals surface area contributed by atoms with Crippen molar-refractivity contribution in [3.63, 3.8) is 0 Å². The molecule has 1 nitrogen and oxygen atoms in total. The Morgan fingerprint density at radius 2 is 2.18 bits per heavy atom. The molecule has 3 unspecified atom stereocenters. The van der Waals surface area contributed by atoms with Crippen LogP contribution >= 0.6 is 11.8 Å². The van der Waals surface area contributed by atoms with Crippen molar-refractivity contribution in [1.82, 2.24) is 0 Å². The Labute approximate surface area is 70.8 Å². The third kappa shape index (κ3) is 1.10. The Balaban J connectivity index is 2.20. The lowest BCUT2D eigenvalue weighted by Gasteiger charge is -2.15. The summed E-state index contributed by atoms with van der Waals surface area (Å²) < 4.78 is 0. The maximum absolute atomic E-state index is 8.78. The molecule has 0 aromatic heterocycles. The monoisotopic (exact) mass is 163 g/mol. The van der Waals surface area contributed by atoms with Gasteiger partial charge in [0.2, 0.25) is 0 Å². The van der Waals surface area contributed by atoms with Crippen molar-refractivity contribution in [2.24, 2.45) is 11.8 Å². The summed E-state index contributed by atoms with van der Waals surface area (Å²) in [7, 11) is 0. The van der Waals surface area contributed by atoms with Gasteiger partial charge < -0.3 is 0 Å². The Bertz CT molecular complexity index is 249. The third-order valence-electron chi connectivity index (χ3n) is 2.22. The Hall–Kier alpha value is -0.680. The zero-order valence-electron chi connectivity index (χ0n) is 6.10. The van der Waals surface area contributed by atoms with Gasteiger partial charge in [0.15, 0.2) is 0 Å². The maximum Gasteiger partial charge on any atom is 0.0671 e. The number of thioether (sulfide) groups is 1. The van der Waals surface area contributed by atoms with Crippen molar-refractivity contribution in [3.05, 3.63) is 24.3 Å². The molecule has 0 radical (unpaired) electrons. The first kappa shape index (κ1) is 7.00. The van der Waals surface area contributed by atoms with Crippen LogP contribution in [0.5, 0.6) is 0 Å². The fraction of sp³-hybridized carbons (Fsp3) is 0.444. The van der Waals surface area contributed by atoms with Gasteiger partial charge in [-0.3, -0.25) is 0 Å². The fourth-order valence-electron chi connectivity index (χ4n) is 1.58. The van der Waals surface area contributed by atoms with Gasteiger partial charge in [-0.15, -0.1) is 0 Å². The van der Waals surface area contributed by atoms with Crippen LogP contribution in [-0.4, -0.2) is 11.0 Å². The van der Waals surface area contributed by atoms with E-state index in [1.54, 1.807) is 0 Å². The predicted octanol–water partition coefficient (Wildman–Crippen LogP) is 1.98. The zero-order chi connectivity index (χ0) is 7.68. The highest BCUT2D eigenvalue weighted by molar-refractivity contribution is 8.00. The van der Waals surface area contributed by atoms with E-state index in [0.29, 0.717) is 11.2 Å². The molecule has 1 fully saturated rings. The minimum absolute atomic E-state index is 0.242.